The van der Waals surface area contributed by atoms with Gasteiger partial charge in [0.25, 0.3) is 0 Å². The van der Waals surface area contributed by atoms with Crippen LogP contribution < -0.4 is 0 Å². The van der Waals surface area contributed by atoms with Crippen LogP contribution in [-0.4, -0.2) is 11.6 Å². The highest BCUT2D eigenvalue weighted by atomic mass is 35.5. The van der Waals surface area contributed by atoms with Crippen molar-refractivity contribution in [1.29, 1.82) is 0 Å². The molecule has 0 heterocycles. The van der Waals surface area contributed by atoms with Crippen molar-refractivity contribution in [2.75, 3.05) is 0 Å². The third-order valence-corrected chi connectivity index (χ3v) is 7.71. The molecule has 0 spiro atoms. The largest absolute Gasteiger partial charge is 0.298 e. The van der Waals surface area contributed by atoms with Crippen molar-refractivity contribution in [2.45, 2.75) is 44.9 Å². The lowest BCUT2D eigenvalue weighted by atomic mass is 9.59. The van der Waals surface area contributed by atoms with E-state index in [0.29, 0.717) is 16.9 Å². The van der Waals surface area contributed by atoms with Gasteiger partial charge < -0.3 is 0 Å². The fourth-order valence-electron chi connectivity index (χ4n) is 6.11. The van der Waals surface area contributed by atoms with Gasteiger partial charge in [-0.25, -0.2) is 0 Å². The molecule has 4 saturated carbocycles. The Hall–Kier alpha value is -1.93. The number of hydrogen-bond donors (Lipinski definition) is 0. The van der Waals surface area contributed by atoms with E-state index in [4.69, 9.17) is 11.6 Å². The summed E-state index contributed by atoms with van der Waals surface area (Å²) in [5, 5.41) is 0.704. The van der Waals surface area contributed by atoms with Crippen LogP contribution in [0.1, 0.15) is 49.7 Å². The van der Waals surface area contributed by atoms with Crippen LogP contribution in [0.2, 0.25) is 5.02 Å². The minimum absolute atomic E-state index is 0.0195. The Bertz CT molecular complexity index is 908. The summed E-state index contributed by atoms with van der Waals surface area (Å²) in [6, 6.07) is 14.0. The molecule has 2 aromatic rings. The number of hydrogen-bond acceptors (Lipinski definition) is 2. The molecule has 6 rings (SSSR count). The van der Waals surface area contributed by atoms with Crippen LogP contribution in [0.5, 0.6) is 0 Å². The first-order chi connectivity index (χ1) is 13.6. The number of aryl methyl sites for hydroxylation is 1. The first-order valence-electron chi connectivity index (χ1n) is 10.5. The Labute approximate surface area is 171 Å². The Morgan fingerprint density at radius 1 is 0.821 bits per heavy atom. The molecule has 2 unspecified atom stereocenters. The van der Waals surface area contributed by atoms with Crippen LogP contribution >= 0.6 is 11.6 Å². The smallest absolute Gasteiger partial charge is 0.151 e. The molecule has 2 bridgehead atoms. The zero-order chi connectivity index (χ0) is 19.4. The predicted molar refractivity (Wildman–Crippen MR) is 111 cm³/mol. The zero-order valence-electron chi connectivity index (χ0n) is 16.2. The van der Waals surface area contributed by atoms with Gasteiger partial charge in [-0.1, -0.05) is 42.8 Å². The number of benzene rings is 2. The Kier molecular flexibility index (Phi) is 4.43. The van der Waals surface area contributed by atoms with Gasteiger partial charge >= 0.3 is 0 Å². The molecule has 4 aliphatic rings. The van der Waals surface area contributed by atoms with Gasteiger partial charge in [-0.2, -0.15) is 0 Å². The first kappa shape index (κ1) is 18.1. The normalized spacial score (nSPS) is 31.3. The maximum absolute atomic E-state index is 13.5. The van der Waals surface area contributed by atoms with E-state index in [1.807, 2.05) is 24.3 Å². The average Bonchev–Trinajstić information content (AvgIpc) is 3.01. The number of ketones is 2. The van der Waals surface area contributed by atoms with Crippen molar-refractivity contribution in [3.63, 3.8) is 0 Å². The van der Waals surface area contributed by atoms with Gasteiger partial charge in [0.2, 0.25) is 0 Å². The molecule has 4 fully saturated rings. The lowest BCUT2D eigenvalue weighted by Crippen LogP contribution is -2.41. The lowest BCUT2D eigenvalue weighted by molar-refractivity contribution is -0.129. The van der Waals surface area contributed by atoms with Crippen molar-refractivity contribution >= 4 is 23.2 Å². The molecule has 28 heavy (non-hydrogen) atoms. The Morgan fingerprint density at radius 3 is 1.89 bits per heavy atom. The second-order valence-corrected chi connectivity index (χ2v) is 9.17. The van der Waals surface area contributed by atoms with Gasteiger partial charge in [-0.05, 0) is 84.4 Å². The highest BCUT2D eigenvalue weighted by Gasteiger charge is 2.59. The molecule has 2 aromatic carbocycles. The van der Waals surface area contributed by atoms with E-state index in [2.05, 4.69) is 25.1 Å². The van der Waals surface area contributed by atoms with Crippen LogP contribution in [0.15, 0.2) is 42.5 Å². The van der Waals surface area contributed by atoms with Crippen LogP contribution in [0.4, 0.5) is 0 Å². The van der Waals surface area contributed by atoms with Gasteiger partial charge in [0.15, 0.2) is 11.6 Å². The van der Waals surface area contributed by atoms with Crippen LogP contribution in [0.3, 0.4) is 0 Å². The van der Waals surface area contributed by atoms with Crippen molar-refractivity contribution in [2.24, 2.45) is 23.7 Å². The molecular weight excluding hydrogens is 368 g/mol. The second kappa shape index (κ2) is 6.84. The number of halogens is 1. The molecule has 0 saturated heterocycles. The summed E-state index contributed by atoms with van der Waals surface area (Å²) < 4.78 is 0. The number of Topliss-reactive ketones (excluding diaryl/α,β-unsaturated/α-hetero) is 2. The summed E-state index contributed by atoms with van der Waals surface area (Å²) in [7, 11) is 0. The van der Waals surface area contributed by atoms with E-state index in [0.717, 1.165) is 54.4 Å². The summed E-state index contributed by atoms with van der Waals surface area (Å²) in [4.78, 5) is 26.9. The third-order valence-electron chi connectivity index (χ3n) is 7.46. The summed E-state index contributed by atoms with van der Waals surface area (Å²) >= 11 is 6.03. The lowest BCUT2D eigenvalue weighted by Gasteiger charge is -2.43. The number of rotatable bonds is 3. The number of fused-ring (bicyclic) bond motifs is 2. The minimum atomic E-state index is -0.557. The van der Waals surface area contributed by atoms with E-state index in [9.17, 15) is 9.59 Å². The maximum Gasteiger partial charge on any atom is 0.151 e. The Balaban J connectivity index is 1.58. The highest BCUT2D eigenvalue weighted by molar-refractivity contribution is 6.30. The SMILES string of the molecule is CCc1ccc(-c2ccc(Cl)cc2)cc1C1C(=O)C2C3CCC(CC3)C2C1=O. The molecule has 4 aliphatic carbocycles. The summed E-state index contributed by atoms with van der Waals surface area (Å²) in [6.07, 6.45) is 5.34. The van der Waals surface area contributed by atoms with Crippen molar-refractivity contribution in [3.8, 4) is 11.1 Å². The van der Waals surface area contributed by atoms with Crippen molar-refractivity contribution in [1.82, 2.24) is 0 Å². The number of carbonyl (C=O) groups is 2. The second-order valence-electron chi connectivity index (χ2n) is 8.74. The standard InChI is InChI=1S/C25H25ClO2/c1-2-14-3-8-18(15-9-11-19(26)12-10-15)13-20(14)23-24(27)21-16-4-5-17(7-6-16)22(21)25(23)28/h3,8-13,16-17,21-23H,2,4-7H2,1H3. The molecule has 0 aliphatic heterocycles. The predicted octanol–water partition coefficient (Wildman–Crippen LogP) is 5.86. The van der Waals surface area contributed by atoms with E-state index >= 15 is 0 Å². The van der Waals surface area contributed by atoms with Gasteiger partial charge in [0.05, 0.1) is 0 Å². The zero-order valence-corrected chi connectivity index (χ0v) is 16.9. The third kappa shape index (κ3) is 2.69. The van der Waals surface area contributed by atoms with Crippen LogP contribution in [-0.2, 0) is 16.0 Å². The van der Waals surface area contributed by atoms with Gasteiger partial charge in [-0.3, -0.25) is 9.59 Å². The molecule has 0 N–H and O–H groups in total. The maximum atomic E-state index is 13.5. The van der Waals surface area contributed by atoms with Crippen LogP contribution in [0, 0.1) is 23.7 Å². The molecule has 2 atom stereocenters. The van der Waals surface area contributed by atoms with Gasteiger partial charge in [0, 0.05) is 16.9 Å². The molecule has 2 nitrogen and oxygen atoms in total. The minimum Gasteiger partial charge on any atom is -0.298 e. The molecular formula is C25H25ClO2. The monoisotopic (exact) mass is 392 g/mol. The highest BCUT2D eigenvalue weighted by Crippen LogP contribution is 2.56. The topological polar surface area (TPSA) is 34.1 Å². The molecule has 3 heteroatoms. The Morgan fingerprint density at radius 2 is 1.36 bits per heavy atom. The molecule has 0 radical (unpaired) electrons. The molecule has 0 amide bonds. The van der Waals surface area contributed by atoms with Gasteiger partial charge in [-0.15, -0.1) is 0 Å². The summed E-state index contributed by atoms with van der Waals surface area (Å²) in [5.41, 5.74) is 4.17. The van der Waals surface area contributed by atoms with Crippen molar-refractivity contribution in [3.05, 3.63) is 58.6 Å². The summed E-state index contributed by atoms with van der Waals surface area (Å²) in [5.74, 6) is 0.669. The molecule has 0 aromatic heterocycles. The molecule has 144 valence electrons. The quantitative estimate of drug-likeness (QED) is 0.613. The van der Waals surface area contributed by atoms with Gasteiger partial charge in [0.1, 0.15) is 5.92 Å². The first-order valence-corrected chi connectivity index (χ1v) is 10.9. The fraction of sp³-hybridized carbons (Fsp3) is 0.440. The average molecular weight is 393 g/mol. The van der Waals surface area contributed by atoms with Crippen molar-refractivity contribution < 1.29 is 9.59 Å². The van der Waals surface area contributed by atoms with Crippen LogP contribution in [0.25, 0.3) is 11.1 Å². The van der Waals surface area contributed by atoms with E-state index in [1.54, 1.807) is 0 Å². The summed E-state index contributed by atoms with van der Waals surface area (Å²) in [6.45, 7) is 2.10. The number of carbonyl (C=O) groups excluding carboxylic acids is 2. The van der Waals surface area contributed by atoms with E-state index < -0.39 is 5.92 Å². The van der Waals surface area contributed by atoms with E-state index in [1.165, 1.54) is 0 Å². The van der Waals surface area contributed by atoms with E-state index in [-0.39, 0.29) is 23.4 Å². The fourth-order valence-corrected chi connectivity index (χ4v) is 6.23.